The molecular formula is C20H19N5OS. The van der Waals surface area contributed by atoms with Crippen molar-refractivity contribution in [2.45, 2.75) is 6.04 Å². The van der Waals surface area contributed by atoms with Gasteiger partial charge >= 0.3 is 0 Å². The number of fused-ring (bicyclic) bond motifs is 1. The molecule has 2 heterocycles. The van der Waals surface area contributed by atoms with Crippen molar-refractivity contribution in [1.82, 2.24) is 20.9 Å². The van der Waals surface area contributed by atoms with Crippen molar-refractivity contribution in [3.63, 3.8) is 0 Å². The van der Waals surface area contributed by atoms with Crippen LogP contribution in [0.25, 0.3) is 16.3 Å². The zero-order valence-corrected chi connectivity index (χ0v) is 15.6. The summed E-state index contributed by atoms with van der Waals surface area (Å²) in [7, 11) is 1.89. The van der Waals surface area contributed by atoms with Gasteiger partial charge in [-0.05, 0) is 36.4 Å². The van der Waals surface area contributed by atoms with Gasteiger partial charge in [0.15, 0.2) is 0 Å². The fourth-order valence-electron chi connectivity index (χ4n) is 2.95. The van der Waals surface area contributed by atoms with Crippen LogP contribution in [0.5, 0.6) is 0 Å². The first kappa shape index (κ1) is 17.4. The Hall–Kier alpha value is -3.03. The van der Waals surface area contributed by atoms with E-state index in [0.29, 0.717) is 18.2 Å². The summed E-state index contributed by atoms with van der Waals surface area (Å²) >= 11 is 1.58. The van der Waals surface area contributed by atoms with Crippen LogP contribution in [0.4, 0.5) is 0 Å². The number of guanidine groups is 1. The van der Waals surface area contributed by atoms with Gasteiger partial charge in [0.25, 0.3) is 5.91 Å². The van der Waals surface area contributed by atoms with Crippen molar-refractivity contribution < 1.29 is 4.79 Å². The number of aromatic nitrogens is 1. The molecule has 0 bridgehead atoms. The molecule has 1 aliphatic rings. The minimum absolute atomic E-state index is 0.0908. The van der Waals surface area contributed by atoms with Crippen molar-refractivity contribution in [2.75, 3.05) is 13.6 Å². The van der Waals surface area contributed by atoms with Gasteiger partial charge in [-0.2, -0.15) is 0 Å². The number of likely N-dealkylation sites (N-methyl/N-ethyl adjacent to an activating group) is 1. The summed E-state index contributed by atoms with van der Waals surface area (Å²) in [6.07, 6.45) is 1.83. The molecule has 1 amide bonds. The molecule has 0 spiro atoms. The smallest absolute Gasteiger partial charge is 0.274 e. The number of benzene rings is 2. The molecule has 4 rings (SSSR count). The first-order valence-electron chi connectivity index (χ1n) is 8.63. The molecule has 1 aliphatic heterocycles. The maximum Gasteiger partial charge on any atom is 0.274 e. The molecule has 7 heteroatoms. The molecular weight excluding hydrogens is 358 g/mol. The Bertz CT molecular complexity index is 1030. The van der Waals surface area contributed by atoms with Gasteiger partial charge in [-0.1, -0.05) is 36.4 Å². The van der Waals surface area contributed by atoms with E-state index in [9.17, 15) is 4.79 Å². The van der Waals surface area contributed by atoms with Gasteiger partial charge in [0.1, 0.15) is 5.70 Å². The number of nitrogens with one attached hydrogen (secondary N) is 3. The summed E-state index contributed by atoms with van der Waals surface area (Å²) in [5, 5.41) is 9.06. The minimum atomic E-state index is -0.186. The van der Waals surface area contributed by atoms with Crippen LogP contribution in [-0.2, 0) is 4.79 Å². The van der Waals surface area contributed by atoms with E-state index in [2.05, 4.69) is 25.9 Å². The molecule has 1 saturated heterocycles. The molecule has 6 nitrogen and oxygen atoms in total. The molecule has 27 heavy (non-hydrogen) atoms. The Balaban J connectivity index is 1.57. The van der Waals surface area contributed by atoms with Crippen LogP contribution in [0.3, 0.4) is 0 Å². The number of hydrogen-bond acceptors (Lipinski definition) is 5. The number of carbonyl (C=O) groups is 1. The number of rotatable bonds is 5. The van der Waals surface area contributed by atoms with Crippen LogP contribution in [0.15, 0.2) is 64.7 Å². The van der Waals surface area contributed by atoms with Gasteiger partial charge in [0.2, 0.25) is 5.96 Å². The van der Waals surface area contributed by atoms with E-state index in [1.165, 1.54) is 0 Å². The highest BCUT2D eigenvalue weighted by molar-refractivity contribution is 7.16. The SMILES string of the molecule is CNCC(N=C1NC(=O)/C(=C/c2ccc3ncsc3c2)N1)c1ccccc1. The Morgan fingerprint density at radius 1 is 1.22 bits per heavy atom. The van der Waals surface area contributed by atoms with Crippen LogP contribution in [0.2, 0.25) is 0 Å². The van der Waals surface area contributed by atoms with Crippen molar-refractivity contribution in [1.29, 1.82) is 0 Å². The monoisotopic (exact) mass is 377 g/mol. The lowest BCUT2D eigenvalue weighted by molar-refractivity contribution is -0.115. The van der Waals surface area contributed by atoms with Crippen LogP contribution < -0.4 is 16.0 Å². The standard InChI is InChI=1S/C20H19N5OS/c1-21-11-17(14-5-3-2-4-6-14)24-20-23-16(19(26)25-20)9-13-7-8-15-18(10-13)27-12-22-15/h2-10,12,17,21H,11H2,1H3,(H2,23,24,25,26)/b16-9-. The first-order chi connectivity index (χ1) is 13.2. The lowest BCUT2D eigenvalue weighted by Gasteiger charge is -2.13. The Labute approximate surface area is 161 Å². The van der Waals surface area contributed by atoms with Crippen molar-refractivity contribution in [3.05, 3.63) is 70.9 Å². The number of hydrogen-bond donors (Lipinski definition) is 3. The van der Waals surface area contributed by atoms with Gasteiger partial charge in [-0.15, -0.1) is 11.3 Å². The van der Waals surface area contributed by atoms with Gasteiger partial charge in [0, 0.05) is 6.54 Å². The maximum absolute atomic E-state index is 12.3. The summed E-state index contributed by atoms with van der Waals surface area (Å²) in [5.41, 5.74) is 5.29. The second kappa shape index (κ2) is 7.69. The average molecular weight is 377 g/mol. The van der Waals surface area contributed by atoms with Crippen LogP contribution in [-0.4, -0.2) is 30.4 Å². The van der Waals surface area contributed by atoms with E-state index in [-0.39, 0.29) is 11.9 Å². The minimum Gasteiger partial charge on any atom is -0.321 e. The van der Waals surface area contributed by atoms with Gasteiger partial charge in [0.05, 0.1) is 21.8 Å². The molecule has 1 fully saturated rings. The van der Waals surface area contributed by atoms with Crippen LogP contribution in [0.1, 0.15) is 17.2 Å². The molecule has 1 atom stereocenters. The van der Waals surface area contributed by atoms with Crippen LogP contribution >= 0.6 is 11.3 Å². The molecule has 0 radical (unpaired) electrons. The van der Waals surface area contributed by atoms with Crippen LogP contribution in [0, 0.1) is 0 Å². The molecule has 1 unspecified atom stereocenters. The fourth-order valence-corrected chi connectivity index (χ4v) is 3.67. The quantitative estimate of drug-likeness (QED) is 0.598. The molecule has 2 aromatic carbocycles. The third-order valence-electron chi connectivity index (χ3n) is 4.26. The normalized spacial score (nSPS) is 18.0. The third kappa shape index (κ3) is 3.89. The second-order valence-electron chi connectivity index (χ2n) is 6.18. The van der Waals surface area contributed by atoms with E-state index in [4.69, 9.17) is 0 Å². The highest BCUT2D eigenvalue weighted by Gasteiger charge is 2.23. The van der Waals surface area contributed by atoms with E-state index in [1.54, 1.807) is 11.3 Å². The maximum atomic E-state index is 12.3. The number of aliphatic imine (C=N–C) groups is 1. The summed E-state index contributed by atoms with van der Waals surface area (Å²) < 4.78 is 1.09. The molecule has 3 N–H and O–H groups in total. The zero-order valence-electron chi connectivity index (χ0n) is 14.8. The predicted octanol–water partition coefficient (Wildman–Crippen LogP) is 2.67. The molecule has 0 saturated carbocycles. The molecule has 136 valence electrons. The summed E-state index contributed by atoms with van der Waals surface area (Å²) in [6.45, 7) is 0.673. The summed E-state index contributed by atoms with van der Waals surface area (Å²) in [5.74, 6) is 0.281. The lowest BCUT2D eigenvalue weighted by atomic mass is 10.1. The lowest BCUT2D eigenvalue weighted by Crippen LogP contribution is -2.28. The second-order valence-corrected chi connectivity index (χ2v) is 7.06. The number of thiazole rings is 1. The van der Waals surface area contributed by atoms with E-state index in [1.807, 2.05) is 67.2 Å². The van der Waals surface area contributed by atoms with Gasteiger partial charge in [-0.3, -0.25) is 10.1 Å². The Morgan fingerprint density at radius 2 is 2.07 bits per heavy atom. The van der Waals surface area contributed by atoms with Crippen molar-refractivity contribution in [2.24, 2.45) is 4.99 Å². The predicted molar refractivity (Wildman–Crippen MR) is 109 cm³/mol. The van der Waals surface area contributed by atoms with E-state index >= 15 is 0 Å². The summed E-state index contributed by atoms with van der Waals surface area (Å²) in [4.78, 5) is 21.3. The molecule has 0 aliphatic carbocycles. The summed E-state index contributed by atoms with van der Waals surface area (Å²) in [6, 6.07) is 15.9. The van der Waals surface area contributed by atoms with Crippen molar-refractivity contribution in [3.8, 4) is 0 Å². The highest BCUT2D eigenvalue weighted by Crippen LogP contribution is 2.21. The number of carbonyl (C=O) groups excluding carboxylic acids is 1. The zero-order chi connectivity index (χ0) is 18.6. The third-order valence-corrected chi connectivity index (χ3v) is 5.05. The first-order valence-corrected chi connectivity index (χ1v) is 9.51. The fraction of sp³-hybridized carbons (Fsp3) is 0.150. The molecule has 1 aromatic heterocycles. The van der Waals surface area contributed by atoms with Gasteiger partial charge < -0.3 is 10.6 Å². The van der Waals surface area contributed by atoms with E-state index in [0.717, 1.165) is 21.3 Å². The molecule has 3 aromatic rings. The highest BCUT2D eigenvalue weighted by atomic mass is 32.1. The van der Waals surface area contributed by atoms with Gasteiger partial charge in [-0.25, -0.2) is 9.98 Å². The Kier molecular flexibility index (Phi) is 4.95. The topological polar surface area (TPSA) is 78.4 Å². The van der Waals surface area contributed by atoms with E-state index < -0.39 is 0 Å². The van der Waals surface area contributed by atoms with Crippen molar-refractivity contribution >= 4 is 39.5 Å². The number of nitrogens with zero attached hydrogens (tertiary/aromatic N) is 2. The Morgan fingerprint density at radius 3 is 2.89 bits per heavy atom. The average Bonchev–Trinajstić information content (AvgIpc) is 3.28. The number of amides is 1. The largest absolute Gasteiger partial charge is 0.321 e.